The maximum atomic E-state index is 5.30. The smallest absolute Gasteiger partial charge is 0.152 e. The van der Waals surface area contributed by atoms with Crippen molar-refractivity contribution in [3.63, 3.8) is 0 Å². The molecule has 0 aliphatic carbocycles. The highest BCUT2D eigenvalue weighted by Gasteiger charge is 2.31. The van der Waals surface area contributed by atoms with Crippen LogP contribution in [-0.2, 0) is 12.2 Å². The summed E-state index contributed by atoms with van der Waals surface area (Å²) < 4.78 is 7.63. The predicted molar refractivity (Wildman–Crippen MR) is 139 cm³/mol. The number of thioether (sulfide) groups is 1. The van der Waals surface area contributed by atoms with Gasteiger partial charge in [0.1, 0.15) is 5.75 Å². The number of anilines is 1. The van der Waals surface area contributed by atoms with Gasteiger partial charge in [-0.3, -0.25) is 0 Å². The molecule has 0 unspecified atom stereocenters. The summed E-state index contributed by atoms with van der Waals surface area (Å²) >= 11 is 5.57. The molecule has 3 aromatic rings. The van der Waals surface area contributed by atoms with Crippen LogP contribution < -0.4 is 10.1 Å². The molecule has 5 heteroatoms. The number of halogens is 1. The molecular weight excluding hydrogens is 480 g/mol. The van der Waals surface area contributed by atoms with Gasteiger partial charge < -0.3 is 14.5 Å². The maximum absolute atomic E-state index is 5.30. The Morgan fingerprint density at radius 3 is 2.41 bits per heavy atom. The van der Waals surface area contributed by atoms with Crippen molar-refractivity contribution in [3.05, 3.63) is 88.4 Å². The first-order chi connectivity index (χ1) is 15.7. The Hall–Kier alpha value is -1.95. The summed E-state index contributed by atoms with van der Waals surface area (Å²) in [6.45, 7) is 4.68. The molecule has 1 saturated heterocycles. The topological polar surface area (TPSA) is 21.3 Å². The summed E-state index contributed by atoms with van der Waals surface area (Å²) in [7, 11) is 1.72. The van der Waals surface area contributed by atoms with Gasteiger partial charge >= 0.3 is 0 Å². The largest absolute Gasteiger partial charge is 0.497 e. The minimum absolute atomic E-state index is 0.928. The summed E-state index contributed by atoms with van der Waals surface area (Å²) in [6.07, 6.45) is 3.75. The van der Waals surface area contributed by atoms with Gasteiger partial charge in [-0.05, 0) is 41.5 Å². The van der Waals surface area contributed by atoms with Crippen molar-refractivity contribution in [1.29, 1.82) is 0 Å². The number of nitrogens with one attached hydrogen (secondary N) is 1. The molecule has 4 rings (SSSR count). The second-order valence-corrected chi connectivity index (χ2v) is 10.4. The first-order valence-electron chi connectivity index (χ1n) is 11.3. The average Bonchev–Trinajstić information content (AvgIpc) is 3.31. The van der Waals surface area contributed by atoms with Crippen LogP contribution in [0.2, 0.25) is 0 Å². The van der Waals surface area contributed by atoms with Gasteiger partial charge in [-0.1, -0.05) is 58.4 Å². The van der Waals surface area contributed by atoms with E-state index in [1.165, 1.54) is 58.7 Å². The van der Waals surface area contributed by atoms with Crippen molar-refractivity contribution < 1.29 is 9.22 Å². The van der Waals surface area contributed by atoms with Crippen LogP contribution in [0.3, 0.4) is 0 Å². The molecule has 1 aliphatic heterocycles. The number of methoxy groups -OCH3 is 1. The molecule has 1 heterocycles. The van der Waals surface area contributed by atoms with Crippen molar-refractivity contribution >= 4 is 33.4 Å². The van der Waals surface area contributed by atoms with Gasteiger partial charge in [-0.15, -0.1) is 11.8 Å². The lowest BCUT2D eigenvalue weighted by atomic mass is 10.1. The molecule has 168 valence electrons. The minimum atomic E-state index is 0.928. The molecule has 32 heavy (non-hydrogen) atoms. The van der Waals surface area contributed by atoms with Crippen LogP contribution in [0.1, 0.15) is 24.0 Å². The van der Waals surface area contributed by atoms with E-state index < -0.39 is 0 Å². The number of nitrogens with zero attached hydrogens (tertiary/aromatic N) is 1. The fourth-order valence-electron chi connectivity index (χ4n) is 4.39. The molecule has 1 fully saturated rings. The van der Waals surface area contributed by atoms with Gasteiger partial charge in [-0.25, -0.2) is 0 Å². The first-order valence-corrected chi connectivity index (χ1v) is 13.1. The summed E-state index contributed by atoms with van der Waals surface area (Å²) in [4.78, 5) is 1.32. The lowest BCUT2D eigenvalue weighted by Crippen LogP contribution is -2.50. The highest BCUT2D eigenvalue weighted by Crippen LogP contribution is 2.32. The monoisotopic (exact) mass is 511 g/mol. The van der Waals surface area contributed by atoms with Crippen LogP contribution in [0.4, 0.5) is 5.69 Å². The molecular formula is C27H32BrN2OS+. The summed E-state index contributed by atoms with van der Waals surface area (Å²) in [5.74, 6) is 1.88. The lowest BCUT2D eigenvalue weighted by molar-refractivity contribution is -0.913. The fourth-order valence-corrected chi connectivity index (χ4v) is 6.03. The maximum Gasteiger partial charge on any atom is 0.152 e. The summed E-state index contributed by atoms with van der Waals surface area (Å²) in [5, 5.41) is 3.82. The summed E-state index contributed by atoms with van der Waals surface area (Å²) in [6, 6.07) is 25.7. The van der Waals surface area contributed by atoms with Crippen LogP contribution in [-0.4, -0.2) is 37.9 Å². The van der Waals surface area contributed by atoms with E-state index in [-0.39, 0.29) is 0 Å². The van der Waals surface area contributed by atoms with E-state index in [0.29, 0.717) is 0 Å². The van der Waals surface area contributed by atoms with Gasteiger partial charge in [-0.2, -0.15) is 0 Å². The number of hydrogen-bond donors (Lipinski definition) is 1. The van der Waals surface area contributed by atoms with Crippen molar-refractivity contribution in [2.24, 2.45) is 0 Å². The first kappa shape index (κ1) is 23.2. The number of para-hydroxylation sites is 1. The Kier molecular flexibility index (Phi) is 8.17. The van der Waals surface area contributed by atoms with Gasteiger partial charge in [0.05, 0.1) is 32.4 Å². The van der Waals surface area contributed by atoms with E-state index in [1.807, 2.05) is 11.8 Å². The van der Waals surface area contributed by atoms with Crippen LogP contribution >= 0.6 is 27.7 Å². The van der Waals surface area contributed by atoms with Gasteiger partial charge in [0.25, 0.3) is 0 Å². The van der Waals surface area contributed by atoms with Crippen molar-refractivity contribution in [2.75, 3.05) is 38.7 Å². The van der Waals surface area contributed by atoms with Crippen LogP contribution in [0.5, 0.6) is 5.75 Å². The third-order valence-corrected chi connectivity index (χ3v) is 8.28. The lowest BCUT2D eigenvalue weighted by Gasteiger charge is -2.35. The number of rotatable bonds is 10. The normalized spacial score (nSPS) is 14.9. The van der Waals surface area contributed by atoms with Gasteiger partial charge in [0.2, 0.25) is 0 Å². The van der Waals surface area contributed by atoms with Crippen LogP contribution in [0, 0.1) is 0 Å². The number of hydrogen-bond acceptors (Lipinski definition) is 3. The van der Waals surface area contributed by atoms with Crippen molar-refractivity contribution in [3.8, 4) is 5.75 Å². The second-order valence-electron chi connectivity index (χ2n) is 8.53. The number of likely N-dealkylation sites (tertiary alicyclic amines) is 1. The van der Waals surface area contributed by atoms with E-state index in [4.69, 9.17) is 4.74 Å². The van der Waals surface area contributed by atoms with E-state index in [0.717, 1.165) is 29.1 Å². The molecule has 3 aromatic carbocycles. The predicted octanol–water partition coefficient (Wildman–Crippen LogP) is 6.97. The fraction of sp³-hybridized carbons (Fsp3) is 0.333. The standard InChI is InChI=1S/C27H32BrN2OS/c1-31-24-14-12-22(13-15-24)16-19-30(17-6-7-18-30)21-29-26-10-4-5-11-27(26)32-20-23-8-2-3-9-25(23)28/h2-5,8-15,29H,6-7,16-21H2,1H3/q+1. The van der Waals surface area contributed by atoms with E-state index >= 15 is 0 Å². The van der Waals surface area contributed by atoms with E-state index in [2.05, 4.69) is 94.0 Å². The molecule has 0 bridgehead atoms. The molecule has 0 radical (unpaired) electrons. The quantitative estimate of drug-likeness (QED) is 0.234. The van der Waals surface area contributed by atoms with Crippen LogP contribution in [0.25, 0.3) is 0 Å². The van der Waals surface area contributed by atoms with E-state index in [1.54, 1.807) is 7.11 Å². The van der Waals surface area contributed by atoms with Crippen molar-refractivity contribution in [1.82, 2.24) is 0 Å². The highest BCUT2D eigenvalue weighted by atomic mass is 79.9. The zero-order chi connectivity index (χ0) is 22.2. The Bertz CT molecular complexity index is 1000. The molecule has 1 aliphatic rings. The second kappa shape index (κ2) is 11.3. The molecule has 0 amide bonds. The van der Waals surface area contributed by atoms with Crippen molar-refractivity contribution in [2.45, 2.75) is 29.9 Å². The Morgan fingerprint density at radius 1 is 0.938 bits per heavy atom. The summed E-state index contributed by atoms with van der Waals surface area (Å²) in [5.41, 5.74) is 3.97. The van der Waals surface area contributed by atoms with Crippen LogP contribution in [0.15, 0.2) is 82.2 Å². The number of benzene rings is 3. The molecule has 3 nitrogen and oxygen atoms in total. The van der Waals surface area contributed by atoms with E-state index in [9.17, 15) is 0 Å². The number of quaternary nitrogens is 1. The number of ether oxygens (including phenoxy) is 1. The Labute approximate surface area is 204 Å². The third-order valence-electron chi connectivity index (χ3n) is 6.38. The van der Waals surface area contributed by atoms with Gasteiger partial charge in [0.15, 0.2) is 6.67 Å². The zero-order valence-electron chi connectivity index (χ0n) is 18.7. The molecule has 0 aromatic heterocycles. The SMILES string of the molecule is COc1ccc(CC[N+]2(CNc3ccccc3SCc3ccccc3Br)CCCC2)cc1. The average molecular weight is 513 g/mol. The molecule has 0 spiro atoms. The minimum Gasteiger partial charge on any atom is -0.497 e. The molecule has 0 atom stereocenters. The zero-order valence-corrected chi connectivity index (χ0v) is 21.1. The highest BCUT2D eigenvalue weighted by molar-refractivity contribution is 9.10. The molecule has 0 saturated carbocycles. The molecule has 1 N–H and O–H groups in total. The Balaban J connectivity index is 1.38. The van der Waals surface area contributed by atoms with Gasteiger partial charge in [0, 0.05) is 34.4 Å². The Morgan fingerprint density at radius 2 is 1.66 bits per heavy atom. The third kappa shape index (κ3) is 6.09.